The summed E-state index contributed by atoms with van der Waals surface area (Å²) in [6.07, 6.45) is 5.76. The number of nitrogens with one attached hydrogen (secondary N) is 2. The molecule has 1 saturated carbocycles. The fourth-order valence-corrected chi connectivity index (χ4v) is 5.17. The van der Waals surface area contributed by atoms with Gasteiger partial charge in [0.1, 0.15) is 5.82 Å². The molecule has 1 aliphatic carbocycles. The van der Waals surface area contributed by atoms with Crippen molar-refractivity contribution in [2.45, 2.75) is 68.5 Å². The van der Waals surface area contributed by atoms with Gasteiger partial charge < -0.3 is 5.32 Å². The van der Waals surface area contributed by atoms with E-state index in [1.165, 1.54) is 25.0 Å². The number of nitrogens with zero attached hydrogens (tertiary/aromatic N) is 1. The van der Waals surface area contributed by atoms with Crippen molar-refractivity contribution in [3.63, 3.8) is 0 Å². The number of hydrogen-bond acceptors (Lipinski definition) is 4. The summed E-state index contributed by atoms with van der Waals surface area (Å²) < 4.78 is 40.5. The van der Waals surface area contributed by atoms with Gasteiger partial charge in [-0.05, 0) is 56.9 Å². The van der Waals surface area contributed by atoms with Crippen molar-refractivity contribution in [3.05, 3.63) is 30.1 Å². The summed E-state index contributed by atoms with van der Waals surface area (Å²) in [6, 6.07) is 4.73. The molecule has 27 heavy (non-hydrogen) atoms. The monoisotopic (exact) mass is 397 g/mol. The average Bonchev–Trinajstić information content (AvgIpc) is 3.15. The number of benzene rings is 1. The smallest absolute Gasteiger partial charge is 0.240 e. The van der Waals surface area contributed by atoms with E-state index >= 15 is 0 Å². The van der Waals surface area contributed by atoms with Crippen LogP contribution in [-0.4, -0.2) is 50.4 Å². The quantitative estimate of drug-likeness (QED) is 0.770. The zero-order chi connectivity index (χ0) is 19.4. The second kappa shape index (κ2) is 8.67. The Labute approximate surface area is 160 Å². The van der Waals surface area contributed by atoms with Crippen LogP contribution in [0.3, 0.4) is 0 Å². The van der Waals surface area contributed by atoms with E-state index in [0.29, 0.717) is 32.0 Å². The summed E-state index contributed by atoms with van der Waals surface area (Å²) in [4.78, 5) is 14.6. The first kappa shape index (κ1) is 20.2. The summed E-state index contributed by atoms with van der Waals surface area (Å²) in [5, 5.41) is 3.13. The molecule has 1 heterocycles. The van der Waals surface area contributed by atoms with Gasteiger partial charge in [-0.2, -0.15) is 0 Å². The first-order valence-electron chi connectivity index (χ1n) is 9.67. The lowest BCUT2D eigenvalue weighted by Crippen LogP contribution is -2.52. The fraction of sp³-hybridized carbons (Fsp3) is 0.632. The molecule has 1 unspecified atom stereocenters. The number of sulfonamides is 1. The van der Waals surface area contributed by atoms with Gasteiger partial charge in [0.05, 0.1) is 10.9 Å². The minimum Gasteiger partial charge on any atom is -0.352 e. The summed E-state index contributed by atoms with van der Waals surface area (Å²) in [5.41, 5.74) is 0. The van der Waals surface area contributed by atoms with Gasteiger partial charge >= 0.3 is 0 Å². The Balaban J connectivity index is 1.49. The van der Waals surface area contributed by atoms with Crippen LogP contribution >= 0.6 is 0 Å². The molecule has 8 heteroatoms. The lowest BCUT2D eigenvalue weighted by Gasteiger charge is -2.35. The van der Waals surface area contributed by atoms with Crippen LogP contribution in [0.4, 0.5) is 4.39 Å². The van der Waals surface area contributed by atoms with Crippen LogP contribution in [0, 0.1) is 5.82 Å². The summed E-state index contributed by atoms with van der Waals surface area (Å²) in [6.45, 7) is 3.24. The van der Waals surface area contributed by atoms with Gasteiger partial charge in [-0.1, -0.05) is 12.8 Å². The highest BCUT2D eigenvalue weighted by Crippen LogP contribution is 2.20. The van der Waals surface area contributed by atoms with E-state index in [0.717, 1.165) is 25.0 Å². The van der Waals surface area contributed by atoms with Gasteiger partial charge in [0.25, 0.3) is 0 Å². The topological polar surface area (TPSA) is 78.5 Å². The zero-order valence-electron chi connectivity index (χ0n) is 15.7. The van der Waals surface area contributed by atoms with Gasteiger partial charge in [0.15, 0.2) is 0 Å². The molecular weight excluding hydrogens is 369 g/mol. The Morgan fingerprint density at radius 3 is 2.26 bits per heavy atom. The number of amides is 1. The normalized spacial score (nSPS) is 21.3. The van der Waals surface area contributed by atoms with E-state index < -0.39 is 15.8 Å². The molecule has 2 aliphatic rings. The van der Waals surface area contributed by atoms with E-state index in [1.54, 1.807) is 0 Å². The van der Waals surface area contributed by atoms with Crippen LogP contribution in [0.25, 0.3) is 0 Å². The van der Waals surface area contributed by atoms with Crippen molar-refractivity contribution in [3.8, 4) is 0 Å². The van der Waals surface area contributed by atoms with Crippen molar-refractivity contribution in [2.24, 2.45) is 0 Å². The van der Waals surface area contributed by atoms with E-state index in [4.69, 9.17) is 0 Å². The molecule has 1 aromatic rings. The first-order valence-corrected chi connectivity index (χ1v) is 11.2. The van der Waals surface area contributed by atoms with Crippen molar-refractivity contribution in [1.82, 2.24) is 14.9 Å². The highest BCUT2D eigenvalue weighted by molar-refractivity contribution is 7.89. The van der Waals surface area contributed by atoms with Crippen molar-refractivity contribution in [2.75, 3.05) is 13.1 Å². The second-order valence-electron chi connectivity index (χ2n) is 7.55. The van der Waals surface area contributed by atoms with Gasteiger partial charge in [0.2, 0.25) is 15.9 Å². The zero-order valence-corrected chi connectivity index (χ0v) is 16.5. The molecule has 0 aromatic heterocycles. The standard InChI is InChI=1S/C19H28FN3O3S/c1-14(19(24)21-16-4-2-3-5-16)23-12-10-17(11-13-23)22-27(25,26)18-8-6-15(20)7-9-18/h6-9,14,16-17,22H,2-5,10-13H2,1H3,(H,21,24). The number of carbonyl (C=O) groups is 1. The highest BCUT2D eigenvalue weighted by Gasteiger charge is 2.30. The third-order valence-corrected chi connectivity index (χ3v) is 7.14. The Hall–Kier alpha value is -1.51. The van der Waals surface area contributed by atoms with Crippen LogP contribution in [-0.2, 0) is 14.8 Å². The van der Waals surface area contributed by atoms with Gasteiger partial charge in [-0.15, -0.1) is 0 Å². The molecule has 2 N–H and O–H groups in total. The van der Waals surface area contributed by atoms with Crippen LogP contribution in [0.1, 0.15) is 45.4 Å². The van der Waals surface area contributed by atoms with Crippen LogP contribution in [0.15, 0.2) is 29.2 Å². The number of halogens is 1. The molecule has 6 nitrogen and oxygen atoms in total. The molecule has 1 atom stereocenters. The molecule has 1 aromatic carbocycles. The van der Waals surface area contributed by atoms with E-state index in [9.17, 15) is 17.6 Å². The molecule has 150 valence electrons. The Kier molecular flexibility index (Phi) is 6.49. The molecule has 0 radical (unpaired) electrons. The minimum absolute atomic E-state index is 0.0623. The van der Waals surface area contributed by atoms with Crippen molar-refractivity contribution in [1.29, 1.82) is 0 Å². The Morgan fingerprint density at radius 2 is 1.67 bits per heavy atom. The third-order valence-electron chi connectivity index (χ3n) is 5.60. The van der Waals surface area contributed by atoms with E-state index in [1.807, 2.05) is 6.92 Å². The Bertz CT molecular complexity index is 740. The number of piperidine rings is 1. The largest absolute Gasteiger partial charge is 0.352 e. The van der Waals surface area contributed by atoms with Crippen molar-refractivity contribution < 1.29 is 17.6 Å². The van der Waals surface area contributed by atoms with Gasteiger partial charge in [-0.25, -0.2) is 17.5 Å². The Morgan fingerprint density at radius 1 is 1.07 bits per heavy atom. The predicted octanol–water partition coefficient (Wildman–Crippen LogP) is 2.02. The van der Waals surface area contributed by atoms with E-state index in [-0.39, 0.29) is 22.9 Å². The number of rotatable bonds is 6. The first-order chi connectivity index (χ1) is 12.8. The maximum absolute atomic E-state index is 13.0. The lowest BCUT2D eigenvalue weighted by molar-refractivity contribution is -0.127. The van der Waals surface area contributed by atoms with Crippen LogP contribution in [0.5, 0.6) is 0 Å². The summed E-state index contributed by atoms with van der Waals surface area (Å²) >= 11 is 0. The van der Waals surface area contributed by atoms with Gasteiger partial charge in [0, 0.05) is 25.2 Å². The number of likely N-dealkylation sites (tertiary alicyclic amines) is 1. The maximum Gasteiger partial charge on any atom is 0.240 e. The third kappa shape index (κ3) is 5.27. The predicted molar refractivity (Wildman–Crippen MR) is 101 cm³/mol. The van der Waals surface area contributed by atoms with Crippen LogP contribution < -0.4 is 10.0 Å². The summed E-state index contributed by atoms with van der Waals surface area (Å²) in [7, 11) is -3.66. The molecule has 1 saturated heterocycles. The maximum atomic E-state index is 13.0. The lowest BCUT2D eigenvalue weighted by atomic mass is 10.0. The summed E-state index contributed by atoms with van der Waals surface area (Å²) in [5.74, 6) is -0.403. The van der Waals surface area contributed by atoms with E-state index in [2.05, 4.69) is 14.9 Å². The fourth-order valence-electron chi connectivity index (χ4n) is 3.86. The van der Waals surface area contributed by atoms with Gasteiger partial charge in [-0.3, -0.25) is 9.69 Å². The molecule has 2 fully saturated rings. The molecule has 3 rings (SSSR count). The molecule has 0 spiro atoms. The molecule has 0 bridgehead atoms. The SMILES string of the molecule is CC(C(=O)NC1CCCC1)N1CCC(NS(=O)(=O)c2ccc(F)cc2)CC1. The molecular formula is C19H28FN3O3S. The number of carbonyl (C=O) groups excluding carboxylic acids is 1. The molecule has 1 amide bonds. The molecule has 1 aliphatic heterocycles. The van der Waals surface area contributed by atoms with Crippen LogP contribution in [0.2, 0.25) is 0 Å². The highest BCUT2D eigenvalue weighted by atomic mass is 32.2. The minimum atomic E-state index is -3.66. The number of hydrogen-bond donors (Lipinski definition) is 2. The average molecular weight is 398 g/mol. The van der Waals surface area contributed by atoms with Crippen molar-refractivity contribution >= 4 is 15.9 Å². The second-order valence-corrected chi connectivity index (χ2v) is 9.27.